The van der Waals surface area contributed by atoms with E-state index in [0.717, 1.165) is 44.5 Å². The molecule has 2 rings (SSSR count). The summed E-state index contributed by atoms with van der Waals surface area (Å²) in [6.45, 7) is 6.46. The number of piperidine rings is 1. The zero-order valence-corrected chi connectivity index (χ0v) is 13.0. The number of aryl methyl sites for hydroxylation is 1. The molecule has 1 N–H and O–H groups in total. The molecule has 1 aromatic rings. The highest BCUT2D eigenvalue weighted by atomic mass is 16.5. The van der Waals surface area contributed by atoms with Crippen LogP contribution in [-0.4, -0.2) is 41.7 Å². The fourth-order valence-electron chi connectivity index (χ4n) is 2.87. The van der Waals surface area contributed by atoms with Crippen LogP contribution in [-0.2, 0) is 4.79 Å². The summed E-state index contributed by atoms with van der Waals surface area (Å²) in [5.41, 5.74) is 2.41. The largest absolute Gasteiger partial charge is 0.493 e. The van der Waals surface area contributed by atoms with E-state index in [0.29, 0.717) is 6.61 Å². The molecule has 0 saturated carbocycles. The van der Waals surface area contributed by atoms with E-state index in [9.17, 15) is 9.90 Å². The molecule has 0 amide bonds. The second kappa shape index (κ2) is 7.46. The molecule has 1 atom stereocenters. The van der Waals surface area contributed by atoms with Gasteiger partial charge in [0.1, 0.15) is 11.8 Å². The average Bonchev–Trinajstić information content (AvgIpc) is 2.48. The number of carboxylic acids is 1. The summed E-state index contributed by atoms with van der Waals surface area (Å²) in [5, 5.41) is 9.24. The number of hydrogen-bond acceptors (Lipinski definition) is 3. The van der Waals surface area contributed by atoms with Crippen LogP contribution in [0.1, 0.15) is 36.8 Å². The number of carbonyl (C=O) groups is 1. The van der Waals surface area contributed by atoms with Crippen LogP contribution in [0.2, 0.25) is 0 Å². The number of carboxylic acid groups (broad SMARTS) is 1. The molecule has 4 nitrogen and oxygen atoms in total. The highest BCUT2D eigenvalue weighted by Crippen LogP contribution is 2.21. The molecular weight excluding hydrogens is 266 g/mol. The first-order chi connectivity index (χ1) is 10.1. The first-order valence-electron chi connectivity index (χ1n) is 7.75. The lowest BCUT2D eigenvalue weighted by molar-refractivity contribution is -0.144. The predicted octanol–water partition coefficient (Wildman–Crippen LogP) is 3.01. The molecule has 1 saturated heterocycles. The Labute approximate surface area is 126 Å². The maximum absolute atomic E-state index is 11.2. The molecule has 0 aromatic heterocycles. The van der Waals surface area contributed by atoms with Crippen molar-refractivity contribution in [2.45, 2.75) is 45.6 Å². The van der Waals surface area contributed by atoms with E-state index >= 15 is 0 Å². The maximum atomic E-state index is 11.2. The number of benzene rings is 1. The molecule has 1 aliphatic heterocycles. The second-order valence-electron chi connectivity index (χ2n) is 5.79. The molecule has 0 radical (unpaired) electrons. The minimum atomic E-state index is -0.690. The second-order valence-corrected chi connectivity index (χ2v) is 5.79. The van der Waals surface area contributed by atoms with Crippen molar-refractivity contribution in [1.82, 2.24) is 4.90 Å². The standard InChI is InChI=1S/C17H25NO3/c1-13-7-5-9-16(14(13)2)21-12-6-11-18-10-4-3-8-15(18)17(19)20/h5,7,9,15H,3-4,6,8,10-12H2,1-2H3,(H,19,20). The summed E-state index contributed by atoms with van der Waals surface area (Å²) in [6.07, 6.45) is 3.75. The SMILES string of the molecule is Cc1cccc(OCCCN2CCCCC2C(=O)O)c1C. The third-order valence-electron chi connectivity index (χ3n) is 4.30. The number of likely N-dealkylation sites (tertiary alicyclic amines) is 1. The molecule has 0 bridgehead atoms. The monoisotopic (exact) mass is 291 g/mol. The summed E-state index contributed by atoms with van der Waals surface area (Å²) in [4.78, 5) is 13.3. The fourth-order valence-corrected chi connectivity index (χ4v) is 2.87. The number of ether oxygens (including phenoxy) is 1. The molecule has 1 unspecified atom stereocenters. The zero-order chi connectivity index (χ0) is 15.2. The molecule has 0 aliphatic carbocycles. The summed E-state index contributed by atoms with van der Waals surface area (Å²) in [6, 6.07) is 5.76. The van der Waals surface area contributed by atoms with Gasteiger partial charge in [-0.2, -0.15) is 0 Å². The lowest BCUT2D eigenvalue weighted by atomic mass is 10.0. The maximum Gasteiger partial charge on any atom is 0.320 e. The summed E-state index contributed by atoms with van der Waals surface area (Å²) in [7, 11) is 0. The van der Waals surface area contributed by atoms with Gasteiger partial charge < -0.3 is 9.84 Å². The Hall–Kier alpha value is -1.55. The van der Waals surface area contributed by atoms with Crippen LogP contribution < -0.4 is 4.74 Å². The van der Waals surface area contributed by atoms with Gasteiger partial charge in [0.25, 0.3) is 0 Å². The minimum Gasteiger partial charge on any atom is -0.493 e. The number of nitrogens with zero attached hydrogens (tertiary/aromatic N) is 1. The van der Waals surface area contributed by atoms with E-state index in [-0.39, 0.29) is 6.04 Å². The first kappa shape index (κ1) is 15.8. The van der Waals surface area contributed by atoms with E-state index in [4.69, 9.17) is 4.74 Å². The van der Waals surface area contributed by atoms with Gasteiger partial charge in [0.2, 0.25) is 0 Å². The molecular formula is C17H25NO3. The normalized spacial score (nSPS) is 19.4. The van der Waals surface area contributed by atoms with E-state index in [2.05, 4.69) is 24.8 Å². The van der Waals surface area contributed by atoms with Gasteiger partial charge >= 0.3 is 5.97 Å². The van der Waals surface area contributed by atoms with Crippen LogP contribution in [0.3, 0.4) is 0 Å². The topological polar surface area (TPSA) is 49.8 Å². The molecule has 1 heterocycles. The van der Waals surface area contributed by atoms with Gasteiger partial charge in [-0.15, -0.1) is 0 Å². The van der Waals surface area contributed by atoms with Crippen LogP contribution in [0.25, 0.3) is 0 Å². The van der Waals surface area contributed by atoms with Crippen LogP contribution in [0.4, 0.5) is 0 Å². The van der Waals surface area contributed by atoms with Crippen molar-refractivity contribution in [3.05, 3.63) is 29.3 Å². The van der Waals surface area contributed by atoms with E-state index in [1.165, 1.54) is 11.1 Å². The summed E-state index contributed by atoms with van der Waals surface area (Å²) >= 11 is 0. The number of aliphatic carboxylic acids is 1. The Balaban J connectivity index is 1.78. The molecule has 1 aliphatic rings. The Morgan fingerprint density at radius 2 is 2.19 bits per heavy atom. The fraction of sp³-hybridized carbons (Fsp3) is 0.588. The van der Waals surface area contributed by atoms with Gasteiger partial charge in [0.05, 0.1) is 6.61 Å². The van der Waals surface area contributed by atoms with Crippen molar-refractivity contribution in [3.8, 4) is 5.75 Å². The number of rotatable bonds is 6. The van der Waals surface area contributed by atoms with Crippen LogP contribution in [0, 0.1) is 13.8 Å². The first-order valence-corrected chi connectivity index (χ1v) is 7.75. The van der Waals surface area contributed by atoms with E-state index in [1.807, 2.05) is 12.1 Å². The van der Waals surface area contributed by atoms with Crippen LogP contribution in [0.15, 0.2) is 18.2 Å². The smallest absolute Gasteiger partial charge is 0.320 e. The van der Waals surface area contributed by atoms with E-state index in [1.54, 1.807) is 0 Å². The van der Waals surface area contributed by atoms with Gasteiger partial charge in [-0.25, -0.2) is 0 Å². The minimum absolute atomic E-state index is 0.306. The third kappa shape index (κ3) is 4.21. The summed E-state index contributed by atoms with van der Waals surface area (Å²) in [5.74, 6) is 0.244. The molecule has 21 heavy (non-hydrogen) atoms. The van der Waals surface area contributed by atoms with Crippen LogP contribution in [0.5, 0.6) is 5.75 Å². The Bertz CT molecular complexity index is 487. The zero-order valence-electron chi connectivity index (χ0n) is 13.0. The van der Waals surface area contributed by atoms with Crippen molar-refractivity contribution in [2.75, 3.05) is 19.7 Å². The summed E-state index contributed by atoms with van der Waals surface area (Å²) < 4.78 is 5.83. The number of hydrogen-bond donors (Lipinski definition) is 1. The molecule has 0 spiro atoms. The Morgan fingerprint density at radius 1 is 1.38 bits per heavy atom. The van der Waals surface area contributed by atoms with E-state index < -0.39 is 5.97 Å². The molecule has 4 heteroatoms. The highest BCUT2D eigenvalue weighted by molar-refractivity contribution is 5.73. The molecule has 1 fully saturated rings. The predicted molar refractivity (Wildman–Crippen MR) is 82.9 cm³/mol. The lowest BCUT2D eigenvalue weighted by Gasteiger charge is -2.32. The van der Waals surface area contributed by atoms with Gasteiger partial charge in [0.15, 0.2) is 0 Å². The van der Waals surface area contributed by atoms with Gasteiger partial charge in [-0.1, -0.05) is 18.6 Å². The van der Waals surface area contributed by atoms with Crippen LogP contribution >= 0.6 is 0 Å². The van der Waals surface area contributed by atoms with Crippen molar-refractivity contribution < 1.29 is 14.6 Å². The highest BCUT2D eigenvalue weighted by Gasteiger charge is 2.27. The van der Waals surface area contributed by atoms with Gasteiger partial charge in [0, 0.05) is 6.54 Å². The van der Waals surface area contributed by atoms with Crippen molar-refractivity contribution in [2.24, 2.45) is 0 Å². The third-order valence-corrected chi connectivity index (χ3v) is 4.30. The van der Waals surface area contributed by atoms with Crippen molar-refractivity contribution in [3.63, 3.8) is 0 Å². The van der Waals surface area contributed by atoms with Gasteiger partial charge in [-0.05, 0) is 56.8 Å². The van der Waals surface area contributed by atoms with Gasteiger partial charge in [-0.3, -0.25) is 9.69 Å². The quantitative estimate of drug-likeness (QED) is 0.819. The average molecular weight is 291 g/mol. The van der Waals surface area contributed by atoms with Crippen molar-refractivity contribution in [1.29, 1.82) is 0 Å². The molecule has 116 valence electrons. The van der Waals surface area contributed by atoms with Crippen molar-refractivity contribution >= 4 is 5.97 Å². The Morgan fingerprint density at radius 3 is 2.95 bits per heavy atom. The molecule has 1 aromatic carbocycles. The Kier molecular flexibility index (Phi) is 5.62. The lowest BCUT2D eigenvalue weighted by Crippen LogP contribution is -2.45.